The molecule has 2 heterocycles. The van der Waals surface area contributed by atoms with E-state index in [4.69, 9.17) is 0 Å². The molecule has 0 fully saturated rings. The molecule has 1 aliphatic carbocycles. The molecule has 1 aromatic heterocycles. The van der Waals surface area contributed by atoms with Gasteiger partial charge in [-0.05, 0) is 43.9 Å². The van der Waals surface area contributed by atoms with Crippen molar-refractivity contribution in [3.05, 3.63) is 52.3 Å². The topological polar surface area (TPSA) is 61.0 Å². The van der Waals surface area contributed by atoms with E-state index < -0.39 is 0 Å². The molecule has 0 saturated heterocycles. The molecule has 2 N–H and O–H groups in total. The van der Waals surface area contributed by atoms with Crippen molar-refractivity contribution in [1.29, 1.82) is 0 Å². The zero-order chi connectivity index (χ0) is 15.8. The Morgan fingerprint density at radius 2 is 2.17 bits per heavy atom. The number of H-pyrrole nitrogens is 1. The second-order valence-electron chi connectivity index (χ2n) is 6.63. The van der Waals surface area contributed by atoms with E-state index in [0.717, 1.165) is 43.5 Å². The molecule has 0 radical (unpaired) electrons. The number of hydrogen-bond acceptors (Lipinski definition) is 3. The first-order valence-corrected chi connectivity index (χ1v) is 8.33. The minimum Gasteiger partial charge on any atom is -0.349 e. The highest BCUT2D eigenvalue weighted by atomic mass is 16.1. The second-order valence-corrected chi connectivity index (χ2v) is 6.63. The summed E-state index contributed by atoms with van der Waals surface area (Å²) in [4.78, 5) is 14.8. The van der Waals surface area contributed by atoms with Gasteiger partial charge in [0.05, 0.1) is 0 Å². The molecule has 1 atom stereocenters. The van der Waals surface area contributed by atoms with Crippen LogP contribution in [0, 0.1) is 0 Å². The van der Waals surface area contributed by atoms with Gasteiger partial charge in [-0.25, -0.2) is 0 Å². The number of carbonyl (C=O) groups is 1. The van der Waals surface area contributed by atoms with Crippen molar-refractivity contribution in [2.75, 3.05) is 13.6 Å². The number of rotatable bonds is 3. The Morgan fingerprint density at radius 1 is 1.35 bits per heavy atom. The van der Waals surface area contributed by atoms with Crippen LogP contribution in [0.25, 0.3) is 0 Å². The van der Waals surface area contributed by atoms with E-state index in [-0.39, 0.29) is 5.91 Å². The third-order valence-corrected chi connectivity index (χ3v) is 5.14. The smallest absolute Gasteiger partial charge is 0.272 e. The quantitative estimate of drug-likeness (QED) is 0.907. The molecular weight excluding hydrogens is 288 g/mol. The first-order chi connectivity index (χ1) is 11.2. The number of nitrogens with one attached hydrogen (secondary N) is 2. The lowest BCUT2D eigenvalue weighted by Crippen LogP contribution is -2.45. The molecule has 0 saturated carbocycles. The van der Waals surface area contributed by atoms with Crippen molar-refractivity contribution in [1.82, 2.24) is 20.4 Å². The Morgan fingerprint density at radius 3 is 3.04 bits per heavy atom. The summed E-state index contributed by atoms with van der Waals surface area (Å²) >= 11 is 0. The summed E-state index contributed by atoms with van der Waals surface area (Å²) < 4.78 is 0. The fourth-order valence-electron chi connectivity index (χ4n) is 3.75. The summed E-state index contributed by atoms with van der Waals surface area (Å²) in [5.41, 5.74) is 5.63. The highest BCUT2D eigenvalue weighted by Crippen LogP contribution is 2.23. The number of aromatic amines is 1. The average molecular weight is 310 g/mol. The van der Waals surface area contributed by atoms with Crippen LogP contribution in [-0.4, -0.2) is 40.6 Å². The highest BCUT2D eigenvalue weighted by Gasteiger charge is 2.26. The van der Waals surface area contributed by atoms with Gasteiger partial charge in [-0.2, -0.15) is 5.10 Å². The standard InChI is InChI=1S/C18H22N4O/c1-22-11-13-6-3-2-5-12(13)9-14(22)10-19-18(23)17-15-7-4-8-16(15)20-21-17/h2-3,5-6,14H,4,7-11H2,1H3,(H,19,23)(H,20,21). The van der Waals surface area contributed by atoms with Crippen molar-refractivity contribution in [2.24, 2.45) is 0 Å². The lowest BCUT2D eigenvalue weighted by Gasteiger charge is -2.34. The third kappa shape index (κ3) is 2.65. The van der Waals surface area contributed by atoms with Crippen LogP contribution in [0.5, 0.6) is 0 Å². The predicted octanol–water partition coefficient (Wildman–Crippen LogP) is 1.68. The fourth-order valence-corrected chi connectivity index (χ4v) is 3.75. The minimum atomic E-state index is -0.0448. The van der Waals surface area contributed by atoms with Crippen LogP contribution in [0.4, 0.5) is 0 Å². The van der Waals surface area contributed by atoms with E-state index >= 15 is 0 Å². The van der Waals surface area contributed by atoms with Crippen LogP contribution in [-0.2, 0) is 25.8 Å². The van der Waals surface area contributed by atoms with Gasteiger partial charge in [-0.1, -0.05) is 24.3 Å². The molecular formula is C18H22N4O. The second kappa shape index (κ2) is 5.81. The number of nitrogens with zero attached hydrogens (tertiary/aromatic N) is 2. The summed E-state index contributed by atoms with van der Waals surface area (Å²) in [6.45, 7) is 1.60. The van der Waals surface area contributed by atoms with Crippen LogP contribution in [0.1, 0.15) is 39.3 Å². The van der Waals surface area contributed by atoms with Gasteiger partial charge in [0.25, 0.3) is 5.91 Å². The largest absolute Gasteiger partial charge is 0.349 e. The van der Waals surface area contributed by atoms with Crippen LogP contribution in [0.3, 0.4) is 0 Å². The van der Waals surface area contributed by atoms with Crippen molar-refractivity contribution in [2.45, 2.75) is 38.3 Å². The first kappa shape index (κ1) is 14.5. The Labute approximate surface area is 136 Å². The first-order valence-electron chi connectivity index (χ1n) is 8.33. The number of amides is 1. The Kier molecular flexibility index (Phi) is 3.65. The summed E-state index contributed by atoms with van der Waals surface area (Å²) in [7, 11) is 2.12. The minimum absolute atomic E-state index is 0.0448. The van der Waals surface area contributed by atoms with Crippen molar-refractivity contribution >= 4 is 5.91 Å². The number of hydrogen-bond donors (Lipinski definition) is 2. The average Bonchev–Trinajstić information content (AvgIpc) is 3.15. The van der Waals surface area contributed by atoms with Gasteiger partial charge in [0.2, 0.25) is 0 Å². The molecule has 2 aliphatic rings. The van der Waals surface area contributed by atoms with E-state index in [1.807, 2.05) is 0 Å². The van der Waals surface area contributed by atoms with Crippen molar-refractivity contribution < 1.29 is 4.79 Å². The Bertz CT molecular complexity index is 736. The van der Waals surface area contributed by atoms with Gasteiger partial charge in [-0.3, -0.25) is 14.8 Å². The molecule has 0 bridgehead atoms. The molecule has 1 aromatic carbocycles. The van der Waals surface area contributed by atoms with Gasteiger partial charge in [0, 0.05) is 30.4 Å². The number of aryl methyl sites for hydroxylation is 1. The third-order valence-electron chi connectivity index (χ3n) is 5.14. The number of likely N-dealkylation sites (N-methyl/N-ethyl adjacent to an activating group) is 1. The Balaban J connectivity index is 1.42. The van der Waals surface area contributed by atoms with E-state index in [2.05, 4.69) is 51.7 Å². The van der Waals surface area contributed by atoms with Crippen molar-refractivity contribution in [3.8, 4) is 0 Å². The van der Waals surface area contributed by atoms with Gasteiger partial charge >= 0.3 is 0 Å². The van der Waals surface area contributed by atoms with Crippen LogP contribution >= 0.6 is 0 Å². The van der Waals surface area contributed by atoms with Gasteiger partial charge in [0.15, 0.2) is 5.69 Å². The van der Waals surface area contributed by atoms with Gasteiger partial charge in [-0.15, -0.1) is 0 Å². The molecule has 1 amide bonds. The molecule has 23 heavy (non-hydrogen) atoms. The molecule has 5 heteroatoms. The summed E-state index contributed by atoms with van der Waals surface area (Å²) in [6, 6.07) is 8.89. The highest BCUT2D eigenvalue weighted by molar-refractivity contribution is 5.94. The summed E-state index contributed by atoms with van der Waals surface area (Å²) in [5, 5.41) is 10.3. The van der Waals surface area contributed by atoms with E-state index in [0.29, 0.717) is 18.3 Å². The number of aromatic nitrogens is 2. The maximum Gasteiger partial charge on any atom is 0.272 e. The predicted molar refractivity (Wildman–Crippen MR) is 88.3 cm³/mol. The summed E-state index contributed by atoms with van der Waals surface area (Å²) in [6.07, 6.45) is 4.07. The lowest BCUT2D eigenvalue weighted by atomic mass is 9.94. The number of fused-ring (bicyclic) bond motifs is 2. The molecule has 4 rings (SSSR count). The zero-order valence-electron chi connectivity index (χ0n) is 13.4. The fraction of sp³-hybridized carbons (Fsp3) is 0.444. The molecule has 1 unspecified atom stereocenters. The molecule has 120 valence electrons. The molecule has 0 spiro atoms. The molecule has 2 aromatic rings. The SMILES string of the molecule is CN1Cc2ccccc2CC1CNC(=O)c1n[nH]c2c1CCC2. The maximum atomic E-state index is 12.4. The lowest BCUT2D eigenvalue weighted by molar-refractivity contribution is 0.0928. The van der Waals surface area contributed by atoms with Gasteiger partial charge in [0.1, 0.15) is 0 Å². The van der Waals surface area contributed by atoms with E-state index in [1.165, 1.54) is 11.1 Å². The normalized spacial score (nSPS) is 20.1. The van der Waals surface area contributed by atoms with E-state index in [9.17, 15) is 4.79 Å². The number of benzene rings is 1. The van der Waals surface area contributed by atoms with E-state index in [1.54, 1.807) is 0 Å². The molecule has 5 nitrogen and oxygen atoms in total. The van der Waals surface area contributed by atoms with Crippen LogP contribution in [0.15, 0.2) is 24.3 Å². The van der Waals surface area contributed by atoms with Crippen LogP contribution < -0.4 is 5.32 Å². The zero-order valence-corrected chi connectivity index (χ0v) is 13.4. The maximum absolute atomic E-state index is 12.4. The van der Waals surface area contributed by atoms with Gasteiger partial charge < -0.3 is 5.32 Å². The summed E-state index contributed by atoms with van der Waals surface area (Å²) in [5.74, 6) is -0.0448. The Hall–Kier alpha value is -2.14. The van der Waals surface area contributed by atoms with Crippen LogP contribution in [0.2, 0.25) is 0 Å². The van der Waals surface area contributed by atoms with Crippen molar-refractivity contribution in [3.63, 3.8) is 0 Å². The molecule has 1 aliphatic heterocycles. The monoisotopic (exact) mass is 310 g/mol. The number of carbonyl (C=O) groups excluding carboxylic acids is 1.